The molecule has 122 valence electrons. The minimum absolute atomic E-state index is 0.0844. The summed E-state index contributed by atoms with van der Waals surface area (Å²) in [5.41, 5.74) is 8.56. The van der Waals surface area contributed by atoms with Crippen molar-refractivity contribution in [2.75, 3.05) is 19.7 Å². The van der Waals surface area contributed by atoms with Crippen LogP contribution in [-0.2, 0) is 9.53 Å². The summed E-state index contributed by atoms with van der Waals surface area (Å²) in [6, 6.07) is -1.60. The average molecular weight is 342 g/mol. The van der Waals surface area contributed by atoms with Gasteiger partial charge in [-0.1, -0.05) is 16.7 Å². The SMILES string of the molecule is CCOC(=O)C1c2cnc(Cl)c[n+]2C(=O)N1CC(O)CN=[N+]=[N-]. The topological polar surface area (TPSA) is 132 Å². The van der Waals surface area contributed by atoms with Gasteiger partial charge in [-0.2, -0.15) is 9.36 Å². The number of hydrogen-bond acceptors (Lipinski definition) is 6. The number of carbonyl (C=O) groups excluding carboxylic acids is 2. The average Bonchev–Trinajstić information content (AvgIpc) is 2.78. The van der Waals surface area contributed by atoms with E-state index in [4.69, 9.17) is 21.9 Å². The number of aromatic nitrogens is 2. The molecule has 2 unspecified atom stereocenters. The highest BCUT2D eigenvalue weighted by Crippen LogP contribution is 2.25. The zero-order chi connectivity index (χ0) is 17.0. The fourth-order valence-corrected chi connectivity index (χ4v) is 2.40. The van der Waals surface area contributed by atoms with E-state index in [2.05, 4.69) is 15.0 Å². The number of aliphatic hydroxyl groups excluding tert-OH is 1. The third-order valence-corrected chi connectivity index (χ3v) is 3.35. The van der Waals surface area contributed by atoms with Crippen molar-refractivity contribution in [3.8, 4) is 0 Å². The van der Waals surface area contributed by atoms with Gasteiger partial charge in [0, 0.05) is 4.91 Å². The lowest BCUT2D eigenvalue weighted by atomic mass is 10.2. The molecule has 1 aromatic rings. The molecule has 1 amide bonds. The number of hydrogen-bond donors (Lipinski definition) is 1. The van der Waals surface area contributed by atoms with E-state index in [1.54, 1.807) is 6.92 Å². The van der Waals surface area contributed by atoms with E-state index in [9.17, 15) is 14.7 Å². The van der Waals surface area contributed by atoms with Crippen molar-refractivity contribution in [2.24, 2.45) is 5.11 Å². The second-order valence-corrected chi connectivity index (χ2v) is 5.05. The number of β-amino-alcohol motifs (C(OH)–C–C–N with tert-alkyl or cyclic N) is 1. The van der Waals surface area contributed by atoms with Crippen molar-refractivity contribution in [1.82, 2.24) is 9.88 Å². The molecule has 11 heteroatoms. The number of amides is 1. The number of azide groups is 1. The Labute approximate surface area is 135 Å². The van der Waals surface area contributed by atoms with Gasteiger partial charge < -0.3 is 9.84 Å². The number of nitrogens with zero attached hydrogens (tertiary/aromatic N) is 6. The normalized spacial score (nSPS) is 17.4. The molecule has 10 nitrogen and oxygen atoms in total. The van der Waals surface area contributed by atoms with Gasteiger partial charge in [0.05, 0.1) is 25.5 Å². The molecular weight excluding hydrogens is 328 g/mol. The van der Waals surface area contributed by atoms with Crippen LogP contribution in [0.2, 0.25) is 5.15 Å². The maximum absolute atomic E-state index is 12.5. The minimum Gasteiger partial charge on any atom is -0.462 e. The maximum atomic E-state index is 12.5. The Kier molecular flexibility index (Phi) is 5.32. The number of carbonyl (C=O) groups is 2. The molecule has 1 aliphatic rings. The van der Waals surface area contributed by atoms with Gasteiger partial charge >= 0.3 is 12.0 Å². The smallest absolute Gasteiger partial charge is 0.462 e. The highest BCUT2D eigenvalue weighted by molar-refractivity contribution is 6.29. The predicted molar refractivity (Wildman–Crippen MR) is 76.3 cm³/mol. The first-order chi connectivity index (χ1) is 11.0. The predicted octanol–water partition coefficient (Wildman–Crippen LogP) is 0.582. The zero-order valence-electron chi connectivity index (χ0n) is 12.2. The summed E-state index contributed by atoms with van der Waals surface area (Å²) in [7, 11) is 0. The molecule has 0 spiro atoms. The van der Waals surface area contributed by atoms with Crippen LogP contribution in [0.1, 0.15) is 18.7 Å². The fourth-order valence-electron chi connectivity index (χ4n) is 2.25. The van der Waals surface area contributed by atoms with Gasteiger partial charge in [0.25, 0.3) is 6.04 Å². The molecule has 0 saturated carbocycles. The molecule has 2 rings (SSSR count). The number of rotatable bonds is 6. The Morgan fingerprint density at radius 3 is 3.13 bits per heavy atom. The molecule has 0 aromatic carbocycles. The maximum Gasteiger partial charge on any atom is 0.499 e. The molecule has 1 aromatic heterocycles. The summed E-state index contributed by atoms with van der Waals surface area (Å²) in [6.07, 6.45) is 1.47. The van der Waals surface area contributed by atoms with E-state index in [1.165, 1.54) is 17.0 Å². The molecule has 1 aliphatic heterocycles. The third kappa shape index (κ3) is 3.50. The van der Waals surface area contributed by atoms with Crippen LogP contribution in [0.3, 0.4) is 0 Å². The molecular formula is C12H14ClN6O4+. The quantitative estimate of drug-likeness (QED) is 0.266. The second kappa shape index (κ2) is 7.23. The Morgan fingerprint density at radius 2 is 2.48 bits per heavy atom. The highest BCUT2D eigenvalue weighted by atomic mass is 35.5. The van der Waals surface area contributed by atoms with Crippen LogP contribution in [0.25, 0.3) is 10.4 Å². The number of fused-ring (bicyclic) bond motifs is 1. The molecule has 2 atom stereocenters. The standard InChI is InChI=1S/C12H14ClN6O4/c1-2-23-11(21)10-8-4-15-9(13)6-18(8)12(22)19(10)5-7(20)3-16-17-14/h4,6-7,10,20H,2-3,5H2,1H3/q+1. The van der Waals surface area contributed by atoms with E-state index in [-0.39, 0.29) is 30.5 Å². The van der Waals surface area contributed by atoms with E-state index >= 15 is 0 Å². The Morgan fingerprint density at radius 1 is 1.74 bits per heavy atom. The number of esters is 1. The van der Waals surface area contributed by atoms with E-state index < -0.39 is 24.1 Å². The van der Waals surface area contributed by atoms with Gasteiger partial charge in [-0.05, 0) is 12.5 Å². The van der Waals surface area contributed by atoms with Gasteiger partial charge in [-0.25, -0.2) is 14.7 Å². The summed E-state index contributed by atoms with van der Waals surface area (Å²) in [4.78, 5) is 32.2. The molecule has 0 bridgehead atoms. The number of halogens is 1. The largest absolute Gasteiger partial charge is 0.499 e. The van der Waals surface area contributed by atoms with Crippen LogP contribution in [0.15, 0.2) is 17.5 Å². The molecule has 0 aliphatic carbocycles. The van der Waals surface area contributed by atoms with Crippen molar-refractivity contribution in [1.29, 1.82) is 0 Å². The van der Waals surface area contributed by atoms with Crippen LogP contribution in [0.4, 0.5) is 4.79 Å². The molecule has 0 radical (unpaired) electrons. The Balaban J connectivity index is 2.34. The van der Waals surface area contributed by atoms with Gasteiger partial charge in [0.2, 0.25) is 0 Å². The number of ether oxygens (including phenoxy) is 1. The van der Waals surface area contributed by atoms with Gasteiger partial charge in [-0.3, -0.25) is 0 Å². The first-order valence-electron chi connectivity index (χ1n) is 6.73. The molecule has 0 saturated heterocycles. The molecule has 1 N–H and O–H groups in total. The van der Waals surface area contributed by atoms with E-state index in [1.807, 2.05) is 0 Å². The van der Waals surface area contributed by atoms with Crippen molar-refractivity contribution >= 4 is 23.6 Å². The van der Waals surface area contributed by atoms with Crippen molar-refractivity contribution in [3.63, 3.8) is 0 Å². The summed E-state index contributed by atoms with van der Waals surface area (Å²) in [5, 5.41) is 13.2. The molecule has 23 heavy (non-hydrogen) atoms. The van der Waals surface area contributed by atoms with Crippen molar-refractivity contribution in [2.45, 2.75) is 19.1 Å². The first-order valence-corrected chi connectivity index (χ1v) is 7.11. The highest BCUT2D eigenvalue weighted by Gasteiger charge is 2.51. The van der Waals surface area contributed by atoms with E-state index in [0.29, 0.717) is 0 Å². The lowest BCUT2D eigenvalue weighted by molar-refractivity contribution is -0.573. The fraction of sp³-hybridized carbons (Fsp3) is 0.500. The monoisotopic (exact) mass is 341 g/mol. The number of aliphatic hydroxyl groups is 1. The van der Waals surface area contributed by atoms with Crippen LogP contribution < -0.4 is 4.57 Å². The lowest BCUT2D eigenvalue weighted by Gasteiger charge is -2.17. The van der Waals surface area contributed by atoms with Gasteiger partial charge in [0.15, 0.2) is 10.8 Å². The van der Waals surface area contributed by atoms with Crippen LogP contribution in [-0.4, -0.2) is 52.8 Å². The van der Waals surface area contributed by atoms with Gasteiger partial charge in [0.1, 0.15) is 12.7 Å². The molecule has 2 heterocycles. The summed E-state index contributed by atoms with van der Waals surface area (Å²) >= 11 is 5.78. The Hall–Kier alpha value is -2.42. The van der Waals surface area contributed by atoms with Crippen molar-refractivity contribution in [3.05, 3.63) is 33.7 Å². The van der Waals surface area contributed by atoms with Gasteiger partial charge in [-0.15, -0.1) is 0 Å². The minimum atomic E-state index is -1.12. The van der Waals surface area contributed by atoms with Crippen LogP contribution in [0, 0.1) is 0 Å². The second-order valence-electron chi connectivity index (χ2n) is 4.66. The molecule has 0 fully saturated rings. The summed E-state index contributed by atoms with van der Waals surface area (Å²) < 4.78 is 6.16. The lowest BCUT2D eigenvalue weighted by Crippen LogP contribution is -2.48. The Bertz CT molecular complexity index is 678. The van der Waals surface area contributed by atoms with Crippen LogP contribution >= 0.6 is 11.6 Å². The first kappa shape index (κ1) is 16.9. The summed E-state index contributed by atoms with van der Waals surface area (Å²) in [6.45, 7) is 1.35. The van der Waals surface area contributed by atoms with E-state index in [0.717, 1.165) is 4.90 Å². The van der Waals surface area contributed by atoms with Crippen molar-refractivity contribution < 1.29 is 24.0 Å². The third-order valence-electron chi connectivity index (χ3n) is 3.15. The summed E-state index contributed by atoms with van der Waals surface area (Å²) in [5.74, 6) is -0.646. The van der Waals surface area contributed by atoms with Crippen LogP contribution in [0.5, 0.6) is 0 Å². The zero-order valence-corrected chi connectivity index (χ0v) is 12.9.